The molecule has 19 heavy (non-hydrogen) atoms. The molecule has 3 aromatic rings. The van der Waals surface area contributed by atoms with Crippen molar-refractivity contribution in [2.75, 3.05) is 0 Å². The number of carbonyl (C=O) groups excluding carboxylic acids is 1. The van der Waals surface area contributed by atoms with Gasteiger partial charge in [-0.3, -0.25) is 9.78 Å². The highest BCUT2D eigenvalue weighted by Crippen LogP contribution is 2.27. The zero-order valence-electron chi connectivity index (χ0n) is 10.4. The van der Waals surface area contributed by atoms with E-state index < -0.39 is 0 Å². The van der Waals surface area contributed by atoms with Gasteiger partial charge in [-0.1, -0.05) is 18.2 Å². The number of rotatable bonds is 2. The van der Waals surface area contributed by atoms with E-state index in [0.717, 1.165) is 27.6 Å². The average Bonchev–Trinajstić information content (AvgIpc) is 2.88. The number of benzene rings is 1. The third-order valence-electron chi connectivity index (χ3n) is 3.09. The molecule has 0 saturated heterocycles. The predicted octanol–water partition coefficient (Wildman–Crippen LogP) is 3.37. The molecule has 2 heterocycles. The quantitative estimate of drug-likeness (QED) is 0.774. The summed E-state index contributed by atoms with van der Waals surface area (Å²) in [5.74, 6) is -0.388. The standard InChI is InChI=1S/C15H12N2OS/c1-9-3-2-4-10-5-11(7-17-14(9)10)12-6-13(15(16)18)19-8-12/h2-8H,1H3,(H2,16,18). The van der Waals surface area contributed by atoms with Crippen molar-refractivity contribution >= 4 is 28.1 Å². The molecule has 94 valence electrons. The second-order valence-corrected chi connectivity index (χ2v) is 5.35. The van der Waals surface area contributed by atoms with Crippen molar-refractivity contribution in [3.05, 3.63) is 52.3 Å². The van der Waals surface area contributed by atoms with Crippen LogP contribution in [0.3, 0.4) is 0 Å². The molecule has 4 heteroatoms. The molecule has 0 atom stereocenters. The maximum atomic E-state index is 11.1. The first kappa shape index (κ1) is 11.9. The van der Waals surface area contributed by atoms with Crippen LogP contribution in [0.2, 0.25) is 0 Å². The molecule has 2 aromatic heterocycles. The van der Waals surface area contributed by atoms with Crippen LogP contribution in [0.25, 0.3) is 22.0 Å². The van der Waals surface area contributed by atoms with Gasteiger partial charge in [0.15, 0.2) is 0 Å². The molecule has 0 bridgehead atoms. The molecule has 3 nitrogen and oxygen atoms in total. The summed E-state index contributed by atoms with van der Waals surface area (Å²) in [4.78, 5) is 16.2. The Bertz CT molecular complexity index is 777. The molecule has 3 rings (SSSR count). The van der Waals surface area contributed by atoms with E-state index in [1.54, 1.807) is 0 Å². The number of para-hydroxylation sites is 1. The maximum Gasteiger partial charge on any atom is 0.258 e. The average molecular weight is 268 g/mol. The van der Waals surface area contributed by atoms with Gasteiger partial charge < -0.3 is 5.73 Å². The van der Waals surface area contributed by atoms with Gasteiger partial charge in [0.05, 0.1) is 10.4 Å². The number of nitrogens with zero attached hydrogens (tertiary/aromatic N) is 1. The molecule has 0 spiro atoms. The van der Waals surface area contributed by atoms with Crippen LogP contribution < -0.4 is 5.73 Å². The number of amides is 1. The summed E-state index contributed by atoms with van der Waals surface area (Å²) in [6.07, 6.45) is 1.84. The topological polar surface area (TPSA) is 56.0 Å². The molecular formula is C15H12N2OS. The first-order valence-corrected chi connectivity index (χ1v) is 6.77. The lowest BCUT2D eigenvalue weighted by Gasteiger charge is -2.03. The Kier molecular flexibility index (Phi) is 2.80. The van der Waals surface area contributed by atoms with Crippen molar-refractivity contribution in [2.24, 2.45) is 5.73 Å². The zero-order valence-corrected chi connectivity index (χ0v) is 11.2. The minimum absolute atomic E-state index is 0.388. The van der Waals surface area contributed by atoms with Gasteiger partial charge in [0.25, 0.3) is 5.91 Å². The summed E-state index contributed by atoms with van der Waals surface area (Å²) < 4.78 is 0. The van der Waals surface area contributed by atoms with Crippen LogP contribution in [0.5, 0.6) is 0 Å². The molecule has 0 fully saturated rings. The van der Waals surface area contributed by atoms with Crippen molar-refractivity contribution in [1.29, 1.82) is 0 Å². The van der Waals surface area contributed by atoms with Gasteiger partial charge in [0.2, 0.25) is 0 Å². The fourth-order valence-electron chi connectivity index (χ4n) is 2.09. The van der Waals surface area contributed by atoms with Gasteiger partial charge >= 0.3 is 0 Å². The Labute approximate surface area is 114 Å². The Morgan fingerprint density at radius 3 is 2.84 bits per heavy atom. The number of aryl methyl sites for hydroxylation is 1. The Morgan fingerprint density at radius 2 is 2.11 bits per heavy atom. The van der Waals surface area contributed by atoms with Crippen molar-refractivity contribution in [3.63, 3.8) is 0 Å². The summed E-state index contributed by atoms with van der Waals surface area (Å²) in [5.41, 5.74) is 9.42. The summed E-state index contributed by atoms with van der Waals surface area (Å²) in [6, 6.07) is 10.0. The molecule has 0 aliphatic carbocycles. The molecule has 0 radical (unpaired) electrons. The van der Waals surface area contributed by atoms with E-state index in [-0.39, 0.29) is 5.91 Å². The number of hydrogen-bond donors (Lipinski definition) is 1. The van der Waals surface area contributed by atoms with Crippen LogP contribution in [0.1, 0.15) is 15.2 Å². The highest BCUT2D eigenvalue weighted by molar-refractivity contribution is 7.12. The van der Waals surface area contributed by atoms with E-state index in [0.29, 0.717) is 4.88 Å². The van der Waals surface area contributed by atoms with Crippen LogP contribution in [-0.4, -0.2) is 10.9 Å². The fraction of sp³-hybridized carbons (Fsp3) is 0.0667. The third-order valence-corrected chi connectivity index (χ3v) is 4.03. The highest BCUT2D eigenvalue weighted by atomic mass is 32.1. The molecule has 0 aliphatic rings. The van der Waals surface area contributed by atoms with Gasteiger partial charge in [-0.15, -0.1) is 11.3 Å². The van der Waals surface area contributed by atoms with E-state index in [2.05, 4.69) is 11.1 Å². The van der Waals surface area contributed by atoms with Gasteiger partial charge in [-0.25, -0.2) is 0 Å². The lowest BCUT2D eigenvalue weighted by atomic mass is 10.1. The van der Waals surface area contributed by atoms with Crippen molar-refractivity contribution in [1.82, 2.24) is 4.98 Å². The van der Waals surface area contributed by atoms with Crippen LogP contribution in [0.4, 0.5) is 0 Å². The molecule has 1 amide bonds. The number of nitrogens with two attached hydrogens (primary N) is 1. The number of carbonyl (C=O) groups is 1. The van der Waals surface area contributed by atoms with Crippen LogP contribution in [0, 0.1) is 6.92 Å². The minimum Gasteiger partial charge on any atom is -0.365 e. The van der Waals surface area contributed by atoms with Gasteiger partial charge in [0, 0.05) is 17.1 Å². The highest BCUT2D eigenvalue weighted by Gasteiger charge is 2.08. The van der Waals surface area contributed by atoms with E-state index in [4.69, 9.17) is 5.73 Å². The Balaban J connectivity index is 2.12. The third kappa shape index (κ3) is 2.11. The van der Waals surface area contributed by atoms with Crippen LogP contribution >= 0.6 is 11.3 Å². The monoisotopic (exact) mass is 268 g/mol. The SMILES string of the molecule is Cc1cccc2cc(-c3csc(C(N)=O)c3)cnc12. The second-order valence-electron chi connectivity index (χ2n) is 4.43. The summed E-state index contributed by atoms with van der Waals surface area (Å²) in [7, 11) is 0. The van der Waals surface area contributed by atoms with Crippen LogP contribution in [-0.2, 0) is 0 Å². The molecule has 0 saturated carbocycles. The molecule has 0 aliphatic heterocycles. The molecule has 0 unspecified atom stereocenters. The van der Waals surface area contributed by atoms with Gasteiger partial charge in [-0.05, 0) is 35.6 Å². The number of aromatic nitrogens is 1. The zero-order chi connectivity index (χ0) is 13.4. The predicted molar refractivity (Wildman–Crippen MR) is 78.3 cm³/mol. The largest absolute Gasteiger partial charge is 0.365 e. The lowest BCUT2D eigenvalue weighted by molar-refractivity contribution is 0.100. The van der Waals surface area contributed by atoms with E-state index in [9.17, 15) is 4.79 Å². The summed E-state index contributed by atoms with van der Waals surface area (Å²) >= 11 is 1.36. The van der Waals surface area contributed by atoms with Crippen LogP contribution in [0.15, 0.2) is 41.9 Å². The number of pyridine rings is 1. The van der Waals surface area contributed by atoms with Crippen molar-refractivity contribution in [3.8, 4) is 11.1 Å². The minimum atomic E-state index is -0.388. The number of thiophene rings is 1. The second kappa shape index (κ2) is 4.48. The normalized spacial score (nSPS) is 10.8. The molecule has 2 N–H and O–H groups in total. The molecular weight excluding hydrogens is 256 g/mol. The van der Waals surface area contributed by atoms with Crippen molar-refractivity contribution in [2.45, 2.75) is 6.92 Å². The first-order valence-electron chi connectivity index (χ1n) is 5.89. The van der Waals surface area contributed by atoms with E-state index in [1.165, 1.54) is 11.3 Å². The number of primary amides is 1. The van der Waals surface area contributed by atoms with Crippen molar-refractivity contribution < 1.29 is 4.79 Å². The summed E-state index contributed by atoms with van der Waals surface area (Å²) in [6.45, 7) is 2.05. The smallest absolute Gasteiger partial charge is 0.258 e. The summed E-state index contributed by atoms with van der Waals surface area (Å²) in [5, 5.41) is 3.03. The number of fused-ring (bicyclic) bond motifs is 1. The first-order chi connectivity index (χ1) is 9.15. The lowest BCUT2D eigenvalue weighted by Crippen LogP contribution is -2.08. The van der Waals surface area contributed by atoms with E-state index in [1.807, 2.05) is 42.8 Å². The number of hydrogen-bond acceptors (Lipinski definition) is 3. The Hall–Kier alpha value is -2.20. The van der Waals surface area contributed by atoms with E-state index >= 15 is 0 Å². The van der Waals surface area contributed by atoms with Gasteiger partial charge in [-0.2, -0.15) is 0 Å². The molecule has 1 aromatic carbocycles. The maximum absolute atomic E-state index is 11.1. The fourth-order valence-corrected chi connectivity index (χ4v) is 2.86. The Morgan fingerprint density at radius 1 is 1.26 bits per heavy atom. The van der Waals surface area contributed by atoms with Gasteiger partial charge in [0.1, 0.15) is 0 Å².